The lowest BCUT2D eigenvalue weighted by Crippen LogP contribution is -1.95. The molecule has 0 radical (unpaired) electrons. The van der Waals surface area contributed by atoms with Crippen LogP contribution in [0.2, 0.25) is 0 Å². The van der Waals surface area contributed by atoms with Crippen LogP contribution in [0, 0.1) is 11.3 Å². The van der Waals surface area contributed by atoms with Gasteiger partial charge in [-0.05, 0) is 23.3 Å². The SMILES string of the molecule is C[C@H](c1ccccc1)c1cccc(C#N)c1. The van der Waals surface area contributed by atoms with E-state index in [9.17, 15) is 0 Å². The van der Waals surface area contributed by atoms with Crippen molar-refractivity contribution in [2.24, 2.45) is 0 Å². The highest BCUT2D eigenvalue weighted by molar-refractivity contribution is 5.38. The second kappa shape index (κ2) is 4.63. The standard InChI is InChI=1S/C15H13N/c1-12(14-7-3-2-4-8-14)15-9-5-6-13(10-15)11-16/h2-10,12H,1H3/t12-/m1/s1. The van der Waals surface area contributed by atoms with Crippen LogP contribution in [0.25, 0.3) is 0 Å². The molecule has 2 aromatic carbocycles. The van der Waals surface area contributed by atoms with Crippen molar-refractivity contribution in [3.8, 4) is 6.07 Å². The molecule has 0 spiro atoms. The van der Waals surface area contributed by atoms with Crippen LogP contribution in [0.15, 0.2) is 54.6 Å². The zero-order chi connectivity index (χ0) is 11.4. The first kappa shape index (κ1) is 10.4. The van der Waals surface area contributed by atoms with Crippen molar-refractivity contribution < 1.29 is 0 Å². The zero-order valence-electron chi connectivity index (χ0n) is 9.22. The van der Waals surface area contributed by atoms with Gasteiger partial charge in [0, 0.05) is 5.92 Å². The number of nitriles is 1. The monoisotopic (exact) mass is 207 g/mol. The summed E-state index contributed by atoms with van der Waals surface area (Å²) in [5.74, 6) is 0.328. The fourth-order valence-electron chi connectivity index (χ4n) is 1.81. The van der Waals surface area contributed by atoms with Crippen LogP contribution >= 0.6 is 0 Å². The van der Waals surface area contributed by atoms with Crippen LogP contribution in [-0.2, 0) is 0 Å². The molecule has 0 N–H and O–H groups in total. The maximum absolute atomic E-state index is 8.86. The Hall–Kier alpha value is -2.07. The molecule has 2 rings (SSSR count). The van der Waals surface area contributed by atoms with E-state index in [4.69, 9.17) is 5.26 Å². The van der Waals surface area contributed by atoms with E-state index < -0.39 is 0 Å². The molecule has 0 aliphatic carbocycles. The van der Waals surface area contributed by atoms with Crippen LogP contribution in [0.4, 0.5) is 0 Å². The van der Waals surface area contributed by atoms with Crippen LogP contribution in [0.5, 0.6) is 0 Å². The quantitative estimate of drug-likeness (QED) is 0.736. The summed E-state index contributed by atoms with van der Waals surface area (Å²) in [6.07, 6.45) is 0. The summed E-state index contributed by atoms with van der Waals surface area (Å²) in [5.41, 5.74) is 3.18. The second-order valence-corrected chi connectivity index (χ2v) is 3.87. The minimum Gasteiger partial charge on any atom is -0.192 e. The third-order valence-corrected chi connectivity index (χ3v) is 2.82. The van der Waals surface area contributed by atoms with Crippen molar-refractivity contribution >= 4 is 0 Å². The molecule has 78 valence electrons. The largest absolute Gasteiger partial charge is 0.192 e. The summed E-state index contributed by atoms with van der Waals surface area (Å²) in [5, 5.41) is 8.86. The molecular formula is C15H13N. The van der Waals surface area contributed by atoms with Crippen LogP contribution in [0.3, 0.4) is 0 Å². The van der Waals surface area contributed by atoms with Crippen LogP contribution < -0.4 is 0 Å². The highest BCUT2D eigenvalue weighted by atomic mass is 14.2. The van der Waals surface area contributed by atoms with Gasteiger partial charge in [0.2, 0.25) is 0 Å². The Morgan fingerprint density at radius 3 is 2.31 bits per heavy atom. The molecule has 0 amide bonds. The average molecular weight is 207 g/mol. The Morgan fingerprint density at radius 2 is 1.62 bits per heavy atom. The van der Waals surface area contributed by atoms with Gasteiger partial charge in [0.25, 0.3) is 0 Å². The Labute approximate surface area is 96.0 Å². The Kier molecular flexibility index (Phi) is 3.03. The van der Waals surface area contributed by atoms with E-state index in [2.05, 4.69) is 31.2 Å². The van der Waals surface area contributed by atoms with E-state index in [0.29, 0.717) is 5.92 Å². The predicted octanol–water partition coefficient (Wildman–Crippen LogP) is 3.71. The second-order valence-electron chi connectivity index (χ2n) is 3.87. The summed E-state index contributed by atoms with van der Waals surface area (Å²) < 4.78 is 0. The fourth-order valence-corrected chi connectivity index (χ4v) is 1.81. The van der Waals surface area contributed by atoms with E-state index in [1.807, 2.05) is 36.4 Å². The molecule has 16 heavy (non-hydrogen) atoms. The molecule has 0 heterocycles. The maximum Gasteiger partial charge on any atom is 0.0991 e. The van der Waals surface area contributed by atoms with E-state index in [0.717, 1.165) is 5.56 Å². The summed E-state index contributed by atoms with van der Waals surface area (Å²) in [4.78, 5) is 0. The van der Waals surface area contributed by atoms with E-state index in [1.165, 1.54) is 11.1 Å². The number of rotatable bonds is 2. The van der Waals surface area contributed by atoms with Gasteiger partial charge in [0.15, 0.2) is 0 Å². The van der Waals surface area contributed by atoms with Gasteiger partial charge < -0.3 is 0 Å². The Bertz CT molecular complexity index is 508. The van der Waals surface area contributed by atoms with Crippen molar-refractivity contribution in [1.82, 2.24) is 0 Å². The summed E-state index contributed by atoms with van der Waals surface area (Å²) >= 11 is 0. The summed E-state index contributed by atoms with van der Waals surface area (Å²) in [7, 11) is 0. The highest BCUT2D eigenvalue weighted by Gasteiger charge is 2.07. The Morgan fingerprint density at radius 1 is 0.938 bits per heavy atom. The lowest BCUT2D eigenvalue weighted by atomic mass is 9.92. The van der Waals surface area contributed by atoms with E-state index in [1.54, 1.807) is 0 Å². The predicted molar refractivity (Wildman–Crippen MR) is 65.1 cm³/mol. The first-order valence-corrected chi connectivity index (χ1v) is 5.36. The molecule has 1 heteroatoms. The van der Waals surface area contributed by atoms with Gasteiger partial charge in [0.05, 0.1) is 11.6 Å². The fraction of sp³-hybridized carbons (Fsp3) is 0.133. The van der Waals surface area contributed by atoms with Gasteiger partial charge in [-0.15, -0.1) is 0 Å². The van der Waals surface area contributed by atoms with Gasteiger partial charge in [0.1, 0.15) is 0 Å². The van der Waals surface area contributed by atoms with Crippen LogP contribution in [0.1, 0.15) is 29.5 Å². The lowest BCUT2D eigenvalue weighted by Gasteiger charge is -2.12. The topological polar surface area (TPSA) is 23.8 Å². The van der Waals surface area contributed by atoms with Gasteiger partial charge in [-0.2, -0.15) is 5.26 Å². The summed E-state index contributed by atoms with van der Waals surface area (Å²) in [6, 6.07) is 20.3. The molecule has 1 nitrogen and oxygen atoms in total. The number of nitrogens with zero attached hydrogens (tertiary/aromatic N) is 1. The molecule has 0 saturated heterocycles. The van der Waals surface area contributed by atoms with Gasteiger partial charge >= 0.3 is 0 Å². The maximum atomic E-state index is 8.86. The van der Waals surface area contributed by atoms with E-state index in [-0.39, 0.29) is 0 Å². The number of hydrogen-bond acceptors (Lipinski definition) is 1. The molecule has 0 aromatic heterocycles. The van der Waals surface area contributed by atoms with Crippen molar-refractivity contribution in [3.63, 3.8) is 0 Å². The minimum atomic E-state index is 0.328. The van der Waals surface area contributed by atoms with Crippen molar-refractivity contribution in [3.05, 3.63) is 71.3 Å². The third kappa shape index (κ3) is 2.12. The zero-order valence-corrected chi connectivity index (χ0v) is 9.22. The smallest absolute Gasteiger partial charge is 0.0991 e. The molecular weight excluding hydrogens is 194 g/mol. The van der Waals surface area contributed by atoms with Crippen molar-refractivity contribution in [2.45, 2.75) is 12.8 Å². The molecule has 0 saturated carbocycles. The van der Waals surface area contributed by atoms with Crippen molar-refractivity contribution in [1.29, 1.82) is 5.26 Å². The van der Waals surface area contributed by atoms with Gasteiger partial charge in [-0.1, -0.05) is 49.4 Å². The molecule has 0 aliphatic rings. The average Bonchev–Trinajstić information content (AvgIpc) is 2.39. The van der Waals surface area contributed by atoms with Crippen LogP contribution in [-0.4, -0.2) is 0 Å². The molecule has 0 bridgehead atoms. The molecule has 0 aliphatic heterocycles. The highest BCUT2D eigenvalue weighted by Crippen LogP contribution is 2.24. The molecule has 0 unspecified atom stereocenters. The number of hydrogen-bond donors (Lipinski definition) is 0. The first-order chi connectivity index (χ1) is 7.81. The normalized spacial score (nSPS) is 11.8. The molecule has 0 fully saturated rings. The summed E-state index contributed by atoms with van der Waals surface area (Å²) in [6.45, 7) is 2.16. The third-order valence-electron chi connectivity index (χ3n) is 2.82. The van der Waals surface area contributed by atoms with Gasteiger partial charge in [-0.3, -0.25) is 0 Å². The van der Waals surface area contributed by atoms with Gasteiger partial charge in [-0.25, -0.2) is 0 Å². The molecule has 1 atom stereocenters. The molecule has 2 aromatic rings. The minimum absolute atomic E-state index is 0.328. The van der Waals surface area contributed by atoms with Crippen molar-refractivity contribution in [2.75, 3.05) is 0 Å². The Balaban J connectivity index is 2.35. The lowest BCUT2D eigenvalue weighted by molar-refractivity contribution is 0.921. The number of benzene rings is 2. The first-order valence-electron chi connectivity index (χ1n) is 5.36. The van der Waals surface area contributed by atoms with E-state index >= 15 is 0 Å².